The van der Waals surface area contributed by atoms with Crippen LogP contribution in [-0.4, -0.2) is 22.0 Å². The average molecular weight is 279 g/mol. The number of anilines is 1. The van der Waals surface area contributed by atoms with E-state index in [-0.39, 0.29) is 35.0 Å². The molecule has 2 atom stereocenters. The number of nitro groups is 1. The van der Waals surface area contributed by atoms with Crippen molar-refractivity contribution in [2.45, 2.75) is 31.7 Å². The van der Waals surface area contributed by atoms with Crippen molar-refractivity contribution in [2.24, 2.45) is 11.7 Å². The van der Waals surface area contributed by atoms with Gasteiger partial charge in [-0.05, 0) is 18.9 Å². The van der Waals surface area contributed by atoms with Crippen LogP contribution in [0.5, 0.6) is 5.75 Å². The summed E-state index contributed by atoms with van der Waals surface area (Å²) < 4.78 is 0. The van der Waals surface area contributed by atoms with Crippen LogP contribution in [0, 0.1) is 16.0 Å². The number of nitrogens with zero attached hydrogens (tertiary/aromatic N) is 1. The Morgan fingerprint density at radius 2 is 2.10 bits per heavy atom. The predicted molar refractivity (Wildman–Crippen MR) is 73.3 cm³/mol. The van der Waals surface area contributed by atoms with E-state index in [4.69, 9.17) is 5.73 Å². The highest BCUT2D eigenvalue weighted by Gasteiger charge is 2.28. The fraction of sp³-hybridized carbons (Fsp3) is 0.462. The topological polar surface area (TPSA) is 118 Å². The van der Waals surface area contributed by atoms with Gasteiger partial charge < -0.3 is 16.2 Å². The van der Waals surface area contributed by atoms with Crippen molar-refractivity contribution in [2.75, 3.05) is 5.32 Å². The molecular formula is C13H17N3O4. The lowest BCUT2D eigenvalue weighted by molar-refractivity contribution is -0.384. The Labute approximate surface area is 115 Å². The summed E-state index contributed by atoms with van der Waals surface area (Å²) in [6, 6.07) is 3.38. The number of phenols is 1. The molecule has 0 heterocycles. The smallest absolute Gasteiger partial charge is 0.273 e. The zero-order valence-corrected chi connectivity index (χ0v) is 10.9. The van der Waals surface area contributed by atoms with Crippen molar-refractivity contribution in [3.63, 3.8) is 0 Å². The SMILES string of the molecule is NC1CCCCC1C(=O)Nc1ccc([N+](=O)[O-])cc1O. The summed E-state index contributed by atoms with van der Waals surface area (Å²) >= 11 is 0. The molecule has 1 saturated carbocycles. The van der Waals surface area contributed by atoms with Crippen LogP contribution in [0.4, 0.5) is 11.4 Å². The zero-order valence-electron chi connectivity index (χ0n) is 10.9. The molecule has 7 nitrogen and oxygen atoms in total. The number of hydrogen-bond donors (Lipinski definition) is 3. The number of carbonyl (C=O) groups excluding carboxylic acids is 1. The minimum Gasteiger partial charge on any atom is -0.506 e. The Bertz CT molecular complexity index is 532. The molecule has 108 valence electrons. The van der Waals surface area contributed by atoms with Gasteiger partial charge in [0.25, 0.3) is 5.69 Å². The van der Waals surface area contributed by atoms with Crippen molar-refractivity contribution >= 4 is 17.3 Å². The summed E-state index contributed by atoms with van der Waals surface area (Å²) in [6.07, 6.45) is 3.51. The second kappa shape index (κ2) is 5.87. The van der Waals surface area contributed by atoms with Crippen molar-refractivity contribution in [1.29, 1.82) is 0 Å². The quantitative estimate of drug-likeness (QED) is 0.442. The molecule has 0 radical (unpaired) electrons. The van der Waals surface area contributed by atoms with E-state index in [0.717, 1.165) is 31.7 Å². The molecule has 0 spiro atoms. The number of rotatable bonds is 3. The van der Waals surface area contributed by atoms with Crippen molar-refractivity contribution < 1.29 is 14.8 Å². The fourth-order valence-electron chi connectivity index (χ4n) is 2.45. The lowest BCUT2D eigenvalue weighted by Crippen LogP contribution is -2.40. The van der Waals surface area contributed by atoms with Crippen LogP contribution in [-0.2, 0) is 4.79 Å². The molecule has 20 heavy (non-hydrogen) atoms. The standard InChI is InChI=1S/C13H17N3O4/c14-10-4-2-1-3-9(10)13(18)15-11-6-5-8(16(19)20)7-12(11)17/h5-7,9-10,17H,1-4,14H2,(H,15,18). The molecule has 1 aliphatic rings. The van der Waals surface area contributed by atoms with E-state index >= 15 is 0 Å². The summed E-state index contributed by atoms with van der Waals surface area (Å²) in [5, 5.41) is 22.9. The van der Waals surface area contributed by atoms with Crippen LogP contribution in [0.1, 0.15) is 25.7 Å². The van der Waals surface area contributed by atoms with E-state index < -0.39 is 4.92 Å². The Balaban J connectivity index is 2.09. The number of non-ortho nitro benzene ring substituents is 1. The maximum Gasteiger partial charge on any atom is 0.273 e. The largest absolute Gasteiger partial charge is 0.506 e. The third-order valence-electron chi connectivity index (χ3n) is 3.61. The minimum absolute atomic E-state index is 0.165. The predicted octanol–water partition coefficient (Wildman–Crippen LogP) is 1.76. The lowest BCUT2D eigenvalue weighted by atomic mass is 9.84. The van der Waals surface area contributed by atoms with Gasteiger partial charge in [0.05, 0.1) is 22.6 Å². The van der Waals surface area contributed by atoms with Gasteiger partial charge in [-0.3, -0.25) is 14.9 Å². The number of nitro benzene ring substituents is 1. The molecule has 2 rings (SSSR count). The monoisotopic (exact) mass is 279 g/mol. The molecule has 1 aromatic rings. The summed E-state index contributed by atoms with van der Waals surface area (Å²) in [4.78, 5) is 22.1. The molecule has 2 unspecified atom stereocenters. The molecular weight excluding hydrogens is 262 g/mol. The third-order valence-corrected chi connectivity index (χ3v) is 3.61. The highest BCUT2D eigenvalue weighted by Crippen LogP contribution is 2.30. The zero-order chi connectivity index (χ0) is 14.7. The third kappa shape index (κ3) is 3.05. The first-order chi connectivity index (χ1) is 9.49. The maximum atomic E-state index is 12.1. The molecule has 7 heteroatoms. The van der Waals surface area contributed by atoms with Gasteiger partial charge in [0, 0.05) is 12.1 Å². The Morgan fingerprint density at radius 3 is 2.70 bits per heavy atom. The number of carbonyl (C=O) groups is 1. The highest BCUT2D eigenvalue weighted by atomic mass is 16.6. The summed E-state index contributed by atoms with van der Waals surface area (Å²) in [7, 11) is 0. The first kappa shape index (κ1) is 14.3. The average Bonchev–Trinajstić information content (AvgIpc) is 2.41. The van der Waals surface area contributed by atoms with Crippen LogP contribution in [0.15, 0.2) is 18.2 Å². The highest BCUT2D eigenvalue weighted by molar-refractivity contribution is 5.94. The van der Waals surface area contributed by atoms with Crippen molar-refractivity contribution in [1.82, 2.24) is 0 Å². The number of phenolic OH excluding ortho intramolecular Hbond substituents is 1. The van der Waals surface area contributed by atoms with E-state index in [9.17, 15) is 20.0 Å². The Kier molecular flexibility index (Phi) is 4.19. The molecule has 4 N–H and O–H groups in total. The van der Waals surface area contributed by atoms with Crippen LogP contribution >= 0.6 is 0 Å². The van der Waals surface area contributed by atoms with Gasteiger partial charge in [-0.25, -0.2) is 0 Å². The van der Waals surface area contributed by atoms with Gasteiger partial charge in [-0.1, -0.05) is 12.8 Å². The summed E-state index contributed by atoms with van der Waals surface area (Å²) in [6.45, 7) is 0. The lowest BCUT2D eigenvalue weighted by Gasteiger charge is -2.27. The van der Waals surface area contributed by atoms with Crippen LogP contribution in [0.3, 0.4) is 0 Å². The van der Waals surface area contributed by atoms with Crippen molar-refractivity contribution in [3.05, 3.63) is 28.3 Å². The summed E-state index contributed by atoms with van der Waals surface area (Å²) in [5.74, 6) is -0.850. The first-order valence-electron chi connectivity index (χ1n) is 6.53. The van der Waals surface area contributed by atoms with Gasteiger partial charge in [-0.2, -0.15) is 0 Å². The molecule has 0 bridgehead atoms. The van der Waals surface area contributed by atoms with Gasteiger partial charge in [0.2, 0.25) is 5.91 Å². The molecule has 1 aliphatic carbocycles. The molecule has 0 saturated heterocycles. The molecule has 1 aromatic carbocycles. The number of amides is 1. The first-order valence-corrected chi connectivity index (χ1v) is 6.53. The van der Waals surface area contributed by atoms with Crippen LogP contribution in [0.2, 0.25) is 0 Å². The van der Waals surface area contributed by atoms with E-state index in [2.05, 4.69) is 5.32 Å². The summed E-state index contributed by atoms with van der Waals surface area (Å²) in [5.41, 5.74) is 5.86. The fourth-order valence-corrected chi connectivity index (χ4v) is 2.45. The molecule has 1 fully saturated rings. The Morgan fingerprint density at radius 1 is 1.40 bits per heavy atom. The Hall–Kier alpha value is -2.15. The van der Waals surface area contributed by atoms with Gasteiger partial charge in [-0.15, -0.1) is 0 Å². The molecule has 0 aliphatic heterocycles. The van der Waals surface area contributed by atoms with Gasteiger partial charge in [0.15, 0.2) is 0 Å². The maximum absolute atomic E-state index is 12.1. The van der Waals surface area contributed by atoms with Gasteiger partial charge >= 0.3 is 0 Å². The minimum atomic E-state index is -0.609. The van der Waals surface area contributed by atoms with E-state index in [1.807, 2.05) is 0 Å². The molecule has 0 aromatic heterocycles. The van der Waals surface area contributed by atoms with Gasteiger partial charge in [0.1, 0.15) is 5.75 Å². The van der Waals surface area contributed by atoms with E-state index in [0.29, 0.717) is 0 Å². The van der Waals surface area contributed by atoms with E-state index in [1.54, 1.807) is 0 Å². The number of hydrogen-bond acceptors (Lipinski definition) is 5. The molecule has 1 amide bonds. The van der Waals surface area contributed by atoms with Crippen LogP contribution < -0.4 is 11.1 Å². The number of aromatic hydroxyl groups is 1. The van der Waals surface area contributed by atoms with Crippen LogP contribution in [0.25, 0.3) is 0 Å². The number of benzene rings is 1. The van der Waals surface area contributed by atoms with Crippen molar-refractivity contribution in [3.8, 4) is 5.75 Å². The normalized spacial score (nSPS) is 22.2. The number of nitrogens with two attached hydrogens (primary N) is 1. The van der Waals surface area contributed by atoms with E-state index in [1.165, 1.54) is 12.1 Å². The number of nitrogens with one attached hydrogen (secondary N) is 1. The second-order valence-corrected chi connectivity index (χ2v) is 5.00. The second-order valence-electron chi connectivity index (χ2n) is 5.00.